The van der Waals surface area contributed by atoms with Gasteiger partial charge < -0.3 is 39.7 Å². The van der Waals surface area contributed by atoms with Crippen LogP contribution in [-0.2, 0) is 58.2 Å². The van der Waals surface area contributed by atoms with Crippen molar-refractivity contribution in [1.29, 1.82) is 0 Å². The van der Waals surface area contributed by atoms with E-state index < -0.39 is 61.9 Å². The second-order valence-electron chi connectivity index (χ2n) is 10.7. The van der Waals surface area contributed by atoms with Crippen molar-refractivity contribution in [3.05, 3.63) is 46.2 Å². The van der Waals surface area contributed by atoms with Gasteiger partial charge in [0.25, 0.3) is 11.8 Å². The number of aliphatic hydroxyl groups excluding tert-OH is 1. The number of hydrogen-bond donors (Lipinski definition) is 4. The number of benzene rings is 2. The summed E-state index contributed by atoms with van der Waals surface area (Å²) in [5.74, 6) is -8.50. The summed E-state index contributed by atoms with van der Waals surface area (Å²) in [5, 5.41) is 35.2. The number of halogens is 4. The number of hydroxylamine groups is 2. The number of carboxylic acids is 2. The number of carbonyl (C=O) groups is 3. The zero-order valence-electron chi connectivity index (χ0n) is 31.9. The normalized spacial score (nSPS) is 10.1. The van der Waals surface area contributed by atoms with Crippen LogP contribution in [0.25, 0.3) is 20.2 Å². The molecule has 0 bridgehead atoms. The van der Waals surface area contributed by atoms with E-state index in [1.807, 2.05) is 6.92 Å². The molecule has 0 aliphatic heterocycles. The van der Waals surface area contributed by atoms with Crippen LogP contribution in [0.5, 0.6) is 23.0 Å². The van der Waals surface area contributed by atoms with E-state index in [1.54, 1.807) is 24.3 Å². The molecule has 2 aromatic carbocycles. The Morgan fingerprint density at radius 2 is 1.05 bits per heavy atom. The van der Waals surface area contributed by atoms with Gasteiger partial charge in [0, 0.05) is 69.8 Å². The number of aliphatic carboxylic acids is 2. The summed E-state index contributed by atoms with van der Waals surface area (Å²) in [5.41, 5.74) is 0. The van der Waals surface area contributed by atoms with E-state index in [9.17, 15) is 37.2 Å². The van der Waals surface area contributed by atoms with Gasteiger partial charge in [0.2, 0.25) is 5.91 Å². The van der Waals surface area contributed by atoms with Gasteiger partial charge in [-0.25, -0.2) is 22.6 Å². The van der Waals surface area contributed by atoms with Crippen molar-refractivity contribution in [2.24, 2.45) is 0 Å². The van der Waals surface area contributed by atoms with Crippen LogP contribution in [0.15, 0.2) is 36.4 Å². The van der Waals surface area contributed by atoms with Crippen LogP contribution in [0.4, 0.5) is 17.6 Å². The van der Waals surface area contributed by atoms with E-state index in [1.165, 1.54) is 40.6 Å². The van der Waals surface area contributed by atoms with E-state index in [0.29, 0.717) is 49.8 Å². The third kappa shape index (κ3) is 18.7. The zero-order valence-corrected chi connectivity index (χ0v) is 35.2. The molecule has 0 saturated carbocycles. The largest absolute Gasteiger partial charge is 1.00 e. The first-order chi connectivity index (χ1) is 26.4. The molecule has 0 aliphatic rings. The summed E-state index contributed by atoms with van der Waals surface area (Å²) in [7, 11) is 5.82. The number of fused-ring (bicyclic) bond motifs is 2. The van der Waals surface area contributed by atoms with E-state index in [-0.39, 0.29) is 45.3 Å². The summed E-state index contributed by atoms with van der Waals surface area (Å²) in [4.78, 5) is 48.3. The fourth-order valence-corrected chi connectivity index (χ4v) is 6.36. The van der Waals surface area contributed by atoms with Gasteiger partial charge in [-0.2, -0.15) is 9.59 Å². The van der Waals surface area contributed by atoms with Gasteiger partial charge in [-0.3, -0.25) is 19.6 Å². The average molecular weight is 898 g/mol. The minimum absolute atomic E-state index is 0. The van der Waals surface area contributed by atoms with Crippen LogP contribution in [-0.4, -0.2) is 96.7 Å². The molecule has 318 valence electrons. The van der Waals surface area contributed by atoms with Crippen LogP contribution in [0.1, 0.15) is 48.8 Å². The summed E-state index contributed by atoms with van der Waals surface area (Å²) in [6, 6.07) is 9.10. The van der Waals surface area contributed by atoms with Crippen LogP contribution in [0.2, 0.25) is 0 Å². The molecule has 0 atom stereocenters. The first-order valence-electron chi connectivity index (χ1n) is 15.7. The predicted molar refractivity (Wildman–Crippen MR) is 204 cm³/mol. The molecule has 2 aromatic heterocycles. The van der Waals surface area contributed by atoms with Gasteiger partial charge in [0.1, 0.15) is 6.54 Å². The number of aliphatic hydroxyl groups is 1. The smallest absolute Gasteiger partial charge is 0.870 e. The molecule has 15 nitrogen and oxygen atoms in total. The van der Waals surface area contributed by atoms with Gasteiger partial charge in [-0.05, 0) is 41.5 Å². The van der Waals surface area contributed by atoms with E-state index in [0.717, 1.165) is 29.1 Å². The first-order valence-corrected chi connectivity index (χ1v) is 18.6. The fourth-order valence-electron chi connectivity index (χ4n) is 4.21. The molecule has 0 fully saturated rings. The Morgan fingerprint density at radius 3 is 1.34 bits per heavy atom. The second kappa shape index (κ2) is 29.2. The number of carbonyl (C=O) groups excluding carboxylic acids is 3. The monoisotopic (exact) mass is 897 g/mol. The van der Waals surface area contributed by atoms with Gasteiger partial charge in [-0.15, -0.1) is 22.7 Å². The molecule has 5 N–H and O–H groups in total. The van der Waals surface area contributed by atoms with Crippen LogP contribution in [0, 0.1) is 0 Å². The molecular formula is C34H40F4LiNO14S4. The van der Waals surface area contributed by atoms with Crippen LogP contribution >= 0.6 is 22.7 Å². The van der Waals surface area contributed by atoms with Crippen molar-refractivity contribution >= 4 is 89.2 Å². The number of amides is 1. The van der Waals surface area contributed by atoms with E-state index in [4.69, 9.17) is 43.9 Å². The Labute approximate surface area is 359 Å². The number of ether oxygens (including phenoxy) is 4. The van der Waals surface area contributed by atoms with E-state index >= 15 is 0 Å². The van der Waals surface area contributed by atoms with Crippen molar-refractivity contribution in [3.63, 3.8) is 0 Å². The van der Waals surface area contributed by atoms with Gasteiger partial charge in [-0.1, -0.05) is 6.92 Å². The predicted octanol–water partition coefficient (Wildman–Crippen LogP) is 3.60. The van der Waals surface area contributed by atoms with Crippen LogP contribution < -0.4 is 37.8 Å². The number of methoxy groups -OCH3 is 4. The SMILES string of the molecule is CCCO.COc1cc2cc(C(F)(F)CCC(=O)N(O)CC(=O)O)sc2cc1OC.COc1cc2cc(C(F)(F)CCC(=O)O)sc2cc1OC.O=C=O.S=S.[Li+].[OH-]. The minimum atomic E-state index is -3.32. The average Bonchev–Trinajstić information content (AvgIpc) is 3.81. The third-order valence-corrected chi connectivity index (χ3v) is 9.29. The fraction of sp³-hybridized carbons (Fsp3) is 0.412. The topological polar surface area (TPSA) is 236 Å². The van der Waals surface area contributed by atoms with Gasteiger partial charge >= 0.3 is 37.0 Å². The molecule has 0 aliphatic carbocycles. The number of alkyl halides is 4. The number of thiophene rings is 2. The van der Waals surface area contributed by atoms with Crippen molar-refractivity contribution in [3.8, 4) is 23.0 Å². The minimum Gasteiger partial charge on any atom is -0.870 e. The quantitative estimate of drug-likeness (QED) is 0.0578. The Bertz CT molecular complexity index is 1830. The van der Waals surface area contributed by atoms with Crippen molar-refractivity contribution in [2.45, 2.75) is 50.9 Å². The van der Waals surface area contributed by atoms with Gasteiger partial charge in [0.05, 0.1) is 44.6 Å². The zero-order chi connectivity index (χ0) is 43.2. The number of rotatable bonds is 15. The summed E-state index contributed by atoms with van der Waals surface area (Å²) in [6.07, 6.45) is -1.72. The standard InChI is InChI=1S/C16H17F2NO6S.C14H14F2O4S.C3H8O.CO2.Li.H2O.S2/c1-24-10-5-9-6-13(26-12(9)7-11(10)25-2)16(17,18)4-3-14(20)19(23)8-15(21)22;1-19-9-5-8-6-12(14(15,16)4-3-13(17)18)21-11(8)7-10(9)20-2;1-2-3-4;2-1-3;;;1-2/h5-7,23H,3-4,8H2,1-2H3,(H,21,22);5-7H,3-4H2,1-2H3,(H,17,18);4H,2-3H2,1H3;;;1H2;/q;;;;+1;;/p-1. The number of carboxylic acid groups (broad SMARTS) is 2. The molecular weight excluding hydrogens is 858 g/mol. The molecule has 4 aromatic rings. The summed E-state index contributed by atoms with van der Waals surface area (Å²) >= 11 is 9.12. The maximum atomic E-state index is 14.4. The Kier molecular flexibility index (Phi) is 29.4. The first kappa shape index (κ1) is 58.3. The van der Waals surface area contributed by atoms with Crippen molar-refractivity contribution in [1.82, 2.24) is 5.06 Å². The van der Waals surface area contributed by atoms with Gasteiger partial charge in [0.15, 0.2) is 23.0 Å². The molecule has 1 amide bonds. The van der Waals surface area contributed by atoms with Crippen LogP contribution in [0.3, 0.4) is 0 Å². The van der Waals surface area contributed by atoms with Crippen molar-refractivity contribution in [2.75, 3.05) is 41.6 Å². The molecule has 0 spiro atoms. The molecule has 24 heteroatoms. The van der Waals surface area contributed by atoms with E-state index in [2.05, 4.69) is 22.4 Å². The third-order valence-electron chi connectivity index (χ3n) is 6.87. The Morgan fingerprint density at radius 1 is 0.724 bits per heavy atom. The maximum absolute atomic E-state index is 14.4. The molecule has 4 rings (SSSR count). The molecule has 0 unspecified atom stereocenters. The maximum Gasteiger partial charge on any atom is 1.00 e. The second-order valence-corrected chi connectivity index (χ2v) is 12.8. The molecule has 58 heavy (non-hydrogen) atoms. The molecule has 0 radical (unpaired) electrons. The summed E-state index contributed by atoms with van der Waals surface area (Å²) in [6.45, 7) is 1.28. The number of hydrogen-bond acceptors (Lipinski definition) is 16. The molecule has 2 heterocycles. The Balaban J connectivity index is -0.000000851. The Hall–Kier alpha value is -4.01. The molecule has 0 saturated heterocycles. The number of nitrogens with zero attached hydrogens (tertiary/aromatic N) is 1. The summed E-state index contributed by atoms with van der Waals surface area (Å²) < 4.78 is 78.6. The van der Waals surface area contributed by atoms with Crippen molar-refractivity contribution < 1.29 is 105 Å².